The van der Waals surface area contributed by atoms with Gasteiger partial charge >= 0.3 is 6.18 Å². The molecule has 3 nitrogen and oxygen atoms in total. The molecule has 0 radical (unpaired) electrons. The fraction of sp³-hybridized carbons (Fsp3) is 0.600. The second-order valence-electron chi connectivity index (χ2n) is 6.01. The number of halogens is 5. The van der Waals surface area contributed by atoms with E-state index in [1.165, 1.54) is 0 Å². The molecule has 23 heavy (non-hydrogen) atoms. The van der Waals surface area contributed by atoms with E-state index in [-0.39, 0.29) is 18.2 Å². The number of rotatable bonds is 2. The normalized spacial score (nSPS) is 30.5. The summed E-state index contributed by atoms with van der Waals surface area (Å²) >= 11 is 0. The molecule has 4 atom stereocenters. The third-order valence-electron chi connectivity index (χ3n) is 4.52. The molecule has 8 heteroatoms. The van der Waals surface area contributed by atoms with Crippen molar-refractivity contribution < 1.29 is 27.4 Å². The zero-order valence-corrected chi connectivity index (χ0v) is 13.0. The molecule has 0 bridgehead atoms. The third kappa shape index (κ3) is 3.89. The van der Waals surface area contributed by atoms with Gasteiger partial charge in [0.2, 0.25) is 0 Å². The zero-order valence-electron chi connectivity index (χ0n) is 12.1. The highest BCUT2D eigenvalue weighted by molar-refractivity contribution is 5.85. The molecule has 0 amide bonds. The van der Waals surface area contributed by atoms with Gasteiger partial charge in [0, 0.05) is 0 Å². The van der Waals surface area contributed by atoms with E-state index >= 15 is 0 Å². The number of alkyl halides is 3. The van der Waals surface area contributed by atoms with Crippen molar-refractivity contribution in [2.45, 2.75) is 31.2 Å². The van der Waals surface area contributed by atoms with E-state index in [4.69, 9.17) is 4.74 Å². The van der Waals surface area contributed by atoms with E-state index in [2.05, 4.69) is 5.32 Å². The van der Waals surface area contributed by atoms with E-state index in [1.54, 1.807) is 0 Å². The van der Waals surface area contributed by atoms with Crippen LogP contribution in [0.15, 0.2) is 18.2 Å². The molecule has 0 aromatic heterocycles. The summed E-state index contributed by atoms with van der Waals surface area (Å²) < 4.78 is 56.9. The highest BCUT2D eigenvalue weighted by atomic mass is 35.5. The Bertz CT molecular complexity index is 555. The average Bonchev–Trinajstić information content (AvgIpc) is 2.87. The lowest BCUT2D eigenvalue weighted by molar-refractivity contribution is -0.140. The van der Waals surface area contributed by atoms with Crippen molar-refractivity contribution in [3.63, 3.8) is 0 Å². The van der Waals surface area contributed by atoms with Gasteiger partial charge in [0.05, 0.1) is 11.7 Å². The van der Waals surface area contributed by atoms with Gasteiger partial charge in [-0.2, -0.15) is 13.2 Å². The highest BCUT2D eigenvalue weighted by Gasteiger charge is 2.40. The molecule has 1 heterocycles. The minimum absolute atomic E-state index is 0. The summed E-state index contributed by atoms with van der Waals surface area (Å²) in [6.45, 7) is 1.68. The van der Waals surface area contributed by atoms with Crippen molar-refractivity contribution in [2.24, 2.45) is 11.8 Å². The van der Waals surface area contributed by atoms with Crippen LogP contribution in [-0.4, -0.2) is 30.4 Å². The Labute approximate surface area is 137 Å². The molecule has 1 saturated carbocycles. The minimum atomic E-state index is -4.77. The van der Waals surface area contributed by atoms with Crippen LogP contribution in [0.3, 0.4) is 0 Å². The number of nitrogens with one attached hydrogen (secondary N) is 1. The number of hydrogen-bond acceptors (Lipinski definition) is 3. The predicted molar refractivity (Wildman–Crippen MR) is 78.2 cm³/mol. The topological polar surface area (TPSA) is 41.5 Å². The summed E-state index contributed by atoms with van der Waals surface area (Å²) in [5.41, 5.74) is -1.35. The van der Waals surface area contributed by atoms with Crippen LogP contribution in [0.25, 0.3) is 0 Å². The molecule has 1 aliphatic carbocycles. The lowest BCUT2D eigenvalue weighted by atomic mass is 9.78. The van der Waals surface area contributed by atoms with E-state index in [1.807, 2.05) is 0 Å². The van der Waals surface area contributed by atoms with Gasteiger partial charge in [0.15, 0.2) is 0 Å². The molecule has 1 aliphatic heterocycles. The Kier molecular flexibility index (Phi) is 5.43. The first-order chi connectivity index (χ1) is 10.3. The first-order valence-corrected chi connectivity index (χ1v) is 7.27. The summed E-state index contributed by atoms with van der Waals surface area (Å²) in [5, 5.41) is 13.4. The molecule has 1 aromatic carbocycles. The van der Waals surface area contributed by atoms with Crippen LogP contribution in [0.1, 0.15) is 18.4 Å². The number of aliphatic hydroxyl groups is 1. The lowest BCUT2D eigenvalue weighted by Crippen LogP contribution is -2.42. The Morgan fingerprint density at radius 2 is 1.78 bits per heavy atom. The van der Waals surface area contributed by atoms with Crippen LogP contribution in [-0.2, 0) is 6.18 Å². The van der Waals surface area contributed by atoms with Crippen molar-refractivity contribution in [1.82, 2.24) is 5.32 Å². The van der Waals surface area contributed by atoms with E-state index in [0.717, 1.165) is 25.2 Å². The van der Waals surface area contributed by atoms with Crippen LogP contribution < -0.4 is 10.1 Å². The van der Waals surface area contributed by atoms with Gasteiger partial charge in [-0.25, -0.2) is 4.39 Å². The van der Waals surface area contributed by atoms with Crippen LogP contribution in [0.4, 0.5) is 17.6 Å². The molecule has 2 fully saturated rings. The second kappa shape index (κ2) is 6.83. The Morgan fingerprint density at radius 1 is 1.13 bits per heavy atom. The monoisotopic (exact) mass is 355 g/mol. The maximum absolute atomic E-state index is 13.3. The summed E-state index contributed by atoms with van der Waals surface area (Å²) in [5.74, 6) is -0.656. The van der Waals surface area contributed by atoms with Gasteiger partial charge in [-0.05, 0) is 56.0 Å². The quantitative estimate of drug-likeness (QED) is 0.801. The molecule has 1 saturated heterocycles. The maximum atomic E-state index is 13.3. The van der Waals surface area contributed by atoms with Gasteiger partial charge < -0.3 is 15.2 Å². The summed E-state index contributed by atoms with van der Waals surface area (Å²) in [6, 6.07) is 2.56. The van der Waals surface area contributed by atoms with Crippen molar-refractivity contribution in [1.29, 1.82) is 0 Å². The van der Waals surface area contributed by atoms with Crippen molar-refractivity contribution in [3.05, 3.63) is 29.6 Å². The zero-order chi connectivity index (χ0) is 15.9. The lowest BCUT2D eigenvalue weighted by Gasteiger charge is -2.35. The van der Waals surface area contributed by atoms with Gasteiger partial charge in [0.1, 0.15) is 17.7 Å². The van der Waals surface area contributed by atoms with Crippen LogP contribution >= 0.6 is 12.4 Å². The number of aliphatic hydroxyl groups excluding tert-OH is 1. The second-order valence-corrected chi connectivity index (χ2v) is 6.01. The Balaban J connectivity index is 0.00000192. The van der Waals surface area contributed by atoms with Crippen molar-refractivity contribution in [3.8, 4) is 5.75 Å². The number of benzene rings is 1. The standard InChI is InChI=1S/C15H17F4NO2.ClH/c16-12-2-1-10(5-11(12)15(17,18)19)22-14-4-9-7-20-6-8(9)3-13(14)21;/h1-2,5,8-9,13-14,20-21H,3-4,6-7H2;1H/t8-,9+,13+,14+;/m0./s1. The highest BCUT2D eigenvalue weighted by Crippen LogP contribution is 2.37. The smallest absolute Gasteiger partial charge is 0.419 e. The first-order valence-electron chi connectivity index (χ1n) is 7.27. The molecule has 130 valence electrons. The summed E-state index contributed by atoms with van der Waals surface area (Å²) in [4.78, 5) is 0. The van der Waals surface area contributed by atoms with Crippen LogP contribution in [0, 0.1) is 17.7 Å². The summed E-state index contributed by atoms with van der Waals surface area (Å²) in [6.07, 6.45) is -4.91. The van der Waals surface area contributed by atoms with Crippen molar-refractivity contribution >= 4 is 12.4 Å². The van der Waals surface area contributed by atoms with Crippen molar-refractivity contribution in [2.75, 3.05) is 13.1 Å². The van der Waals surface area contributed by atoms with E-state index in [0.29, 0.717) is 30.7 Å². The average molecular weight is 356 g/mol. The Hall–Kier alpha value is -1.05. The van der Waals surface area contributed by atoms with Crippen LogP contribution in [0.2, 0.25) is 0 Å². The molecular weight excluding hydrogens is 338 g/mol. The third-order valence-corrected chi connectivity index (χ3v) is 4.52. The number of fused-ring (bicyclic) bond motifs is 1. The molecule has 2 aliphatic rings. The fourth-order valence-electron chi connectivity index (χ4n) is 3.35. The van der Waals surface area contributed by atoms with Gasteiger partial charge in [-0.15, -0.1) is 12.4 Å². The number of hydrogen-bond donors (Lipinski definition) is 2. The fourth-order valence-corrected chi connectivity index (χ4v) is 3.35. The predicted octanol–water partition coefficient (Wildman–Crippen LogP) is 3.00. The van der Waals surface area contributed by atoms with Gasteiger partial charge in [-0.1, -0.05) is 0 Å². The van der Waals surface area contributed by atoms with E-state index < -0.39 is 29.8 Å². The molecule has 2 N–H and O–H groups in total. The molecule has 0 spiro atoms. The summed E-state index contributed by atoms with van der Waals surface area (Å²) in [7, 11) is 0. The van der Waals surface area contributed by atoms with Gasteiger partial charge in [-0.3, -0.25) is 0 Å². The van der Waals surface area contributed by atoms with Gasteiger partial charge in [0.25, 0.3) is 0 Å². The SMILES string of the molecule is Cl.O[C@@H]1C[C@H]2CNC[C@H]2C[C@H]1Oc1ccc(F)c(C(F)(F)F)c1. The largest absolute Gasteiger partial charge is 0.488 e. The molecule has 1 aromatic rings. The van der Waals surface area contributed by atoms with E-state index in [9.17, 15) is 22.7 Å². The molecular formula is C15H18ClF4NO2. The maximum Gasteiger partial charge on any atom is 0.419 e. The number of ether oxygens (including phenoxy) is 1. The minimum Gasteiger partial charge on any atom is -0.488 e. The van der Waals surface area contributed by atoms with Crippen LogP contribution in [0.5, 0.6) is 5.75 Å². The Morgan fingerprint density at radius 3 is 2.43 bits per heavy atom. The first kappa shape index (κ1) is 18.3. The molecule has 3 rings (SSSR count). The molecule has 0 unspecified atom stereocenters.